The number of anilines is 1. The first-order valence-electron chi connectivity index (χ1n) is 4.49. The molecule has 0 aliphatic carbocycles. The van der Waals surface area contributed by atoms with E-state index in [9.17, 15) is 0 Å². The third-order valence-electron chi connectivity index (χ3n) is 2.34. The highest BCUT2D eigenvalue weighted by molar-refractivity contribution is 9.09. The molecule has 5 heteroatoms. The van der Waals surface area contributed by atoms with Crippen LogP contribution in [-0.2, 0) is 0 Å². The van der Waals surface area contributed by atoms with Crippen LogP contribution in [0.5, 0.6) is 0 Å². The predicted octanol–water partition coefficient (Wildman–Crippen LogP) is 4.00. The van der Waals surface area contributed by atoms with E-state index in [4.69, 9.17) is 23.2 Å². The van der Waals surface area contributed by atoms with Crippen LogP contribution in [0.4, 0.5) is 5.82 Å². The minimum absolute atomic E-state index is 0.0511. The molecule has 0 fully saturated rings. The van der Waals surface area contributed by atoms with E-state index in [2.05, 4.69) is 34.8 Å². The first-order chi connectivity index (χ1) is 6.88. The Labute approximate surface area is 109 Å². The fourth-order valence-corrected chi connectivity index (χ4v) is 1.91. The summed E-state index contributed by atoms with van der Waals surface area (Å²) >= 11 is 15.3. The largest absolute Gasteiger partial charge is 0.352 e. The molecule has 0 saturated heterocycles. The Balaban J connectivity index is 3.06. The monoisotopic (exact) mass is 310 g/mol. The fourth-order valence-electron chi connectivity index (χ4n) is 1.03. The van der Waals surface area contributed by atoms with E-state index < -0.39 is 0 Å². The summed E-state index contributed by atoms with van der Waals surface area (Å²) in [4.78, 5) is 6.26. The number of pyridine rings is 1. The van der Waals surface area contributed by atoms with E-state index in [1.165, 1.54) is 0 Å². The molecule has 0 amide bonds. The number of aromatic nitrogens is 1. The van der Waals surface area contributed by atoms with E-state index in [0.717, 1.165) is 11.1 Å². The quantitative estimate of drug-likeness (QED) is 0.784. The molecule has 84 valence electrons. The van der Waals surface area contributed by atoms with Crippen LogP contribution in [0.1, 0.15) is 13.8 Å². The van der Waals surface area contributed by atoms with Crippen molar-refractivity contribution < 1.29 is 0 Å². The van der Waals surface area contributed by atoms with Gasteiger partial charge >= 0.3 is 0 Å². The lowest BCUT2D eigenvalue weighted by Crippen LogP contribution is -2.43. The van der Waals surface area contributed by atoms with Gasteiger partial charge in [0.05, 0.1) is 10.0 Å². The number of rotatable bonds is 3. The molecule has 1 aromatic rings. The summed E-state index contributed by atoms with van der Waals surface area (Å²) in [6.45, 7) is 4.21. The van der Waals surface area contributed by atoms with E-state index in [-0.39, 0.29) is 5.54 Å². The first kappa shape index (κ1) is 13.1. The topological polar surface area (TPSA) is 16.1 Å². The minimum Gasteiger partial charge on any atom is -0.352 e. The van der Waals surface area contributed by atoms with Gasteiger partial charge in [-0.1, -0.05) is 39.1 Å². The molecule has 1 rings (SSSR count). The fraction of sp³-hybridized carbons (Fsp3) is 0.500. The molecule has 0 spiro atoms. The van der Waals surface area contributed by atoms with Crippen molar-refractivity contribution in [3.8, 4) is 0 Å². The van der Waals surface area contributed by atoms with Crippen LogP contribution in [0.3, 0.4) is 0 Å². The summed E-state index contributed by atoms with van der Waals surface area (Å²) in [7, 11) is 1.96. The van der Waals surface area contributed by atoms with Gasteiger partial charge < -0.3 is 4.90 Å². The normalized spacial score (nSPS) is 11.6. The van der Waals surface area contributed by atoms with Crippen molar-refractivity contribution in [3.05, 3.63) is 22.3 Å². The van der Waals surface area contributed by atoms with Crippen LogP contribution in [0.25, 0.3) is 0 Å². The molecule has 0 radical (unpaired) electrons. The van der Waals surface area contributed by atoms with Gasteiger partial charge in [-0.2, -0.15) is 0 Å². The smallest absolute Gasteiger partial charge is 0.147 e. The Morgan fingerprint density at radius 2 is 2.07 bits per heavy atom. The molecular formula is C10H13BrCl2N2. The number of halogens is 3. The van der Waals surface area contributed by atoms with Gasteiger partial charge in [0.25, 0.3) is 0 Å². The van der Waals surface area contributed by atoms with Crippen molar-refractivity contribution in [3.63, 3.8) is 0 Å². The summed E-state index contributed by atoms with van der Waals surface area (Å²) in [5, 5.41) is 1.95. The third kappa shape index (κ3) is 2.99. The summed E-state index contributed by atoms with van der Waals surface area (Å²) in [5.41, 5.74) is -0.0511. The SMILES string of the molecule is CN(c1ncc(Cl)cc1Cl)C(C)(C)CBr. The summed E-state index contributed by atoms with van der Waals surface area (Å²) in [6, 6.07) is 1.70. The zero-order valence-electron chi connectivity index (χ0n) is 8.89. The lowest BCUT2D eigenvalue weighted by molar-refractivity contribution is 0.547. The highest BCUT2D eigenvalue weighted by Crippen LogP contribution is 2.30. The Morgan fingerprint density at radius 3 is 2.53 bits per heavy atom. The average molecular weight is 312 g/mol. The lowest BCUT2D eigenvalue weighted by atomic mass is 10.1. The molecule has 0 bridgehead atoms. The maximum absolute atomic E-state index is 6.08. The van der Waals surface area contributed by atoms with E-state index in [1.807, 2.05) is 11.9 Å². The van der Waals surface area contributed by atoms with Gasteiger partial charge in [0.1, 0.15) is 5.82 Å². The molecule has 2 nitrogen and oxygen atoms in total. The molecule has 0 N–H and O–H groups in total. The van der Waals surface area contributed by atoms with Gasteiger partial charge in [0, 0.05) is 24.1 Å². The lowest BCUT2D eigenvalue weighted by Gasteiger charge is -2.35. The van der Waals surface area contributed by atoms with E-state index in [0.29, 0.717) is 10.0 Å². The molecule has 0 aliphatic heterocycles. The van der Waals surface area contributed by atoms with Gasteiger partial charge in [-0.15, -0.1) is 0 Å². The Hall–Kier alpha value is 0.01000. The number of alkyl halides is 1. The first-order valence-corrected chi connectivity index (χ1v) is 6.37. The highest BCUT2D eigenvalue weighted by atomic mass is 79.9. The second-order valence-corrected chi connectivity index (χ2v) is 5.37. The summed E-state index contributed by atoms with van der Waals surface area (Å²) in [6.07, 6.45) is 1.60. The maximum atomic E-state index is 6.08. The van der Waals surface area contributed by atoms with E-state index in [1.54, 1.807) is 12.3 Å². The van der Waals surface area contributed by atoms with Crippen LogP contribution in [0.2, 0.25) is 10.0 Å². The van der Waals surface area contributed by atoms with Crippen LogP contribution >= 0.6 is 39.1 Å². The third-order valence-corrected chi connectivity index (χ3v) is 4.20. The zero-order chi connectivity index (χ0) is 11.6. The van der Waals surface area contributed by atoms with Crippen LogP contribution in [0.15, 0.2) is 12.3 Å². The molecule has 0 aromatic carbocycles. The molecule has 1 aromatic heterocycles. The van der Waals surface area contributed by atoms with Crippen molar-refractivity contribution >= 4 is 44.9 Å². The zero-order valence-corrected chi connectivity index (χ0v) is 12.0. The van der Waals surface area contributed by atoms with E-state index >= 15 is 0 Å². The molecule has 1 heterocycles. The molecule has 0 aliphatic rings. The Morgan fingerprint density at radius 1 is 1.47 bits per heavy atom. The van der Waals surface area contributed by atoms with Gasteiger partial charge in [-0.05, 0) is 19.9 Å². The van der Waals surface area contributed by atoms with Gasteiger partial charge in [0.15, 0.2) is 0 Å². The highest BCUT2D eigenvalue weighted by Gasteiger charge is 2.24. The van der Waals surface area contributed by atoms with Crippen molar-refractivity contribution in [2.75, 3.05) is 17.3 Å². The number of nitrogens with zero attached hydrogens (tertiary/aromatic N) is 2. The van der Waals surface area contributed by atoms with Crippen molar-refractivity contribution in [2.45, 2.75) is 19.4 Å². The average Bonchev–Trinajstić information content (AvgIpc) is 2.17. The second kappa shape index (κ2) is 4.89. The van der Waals surface area contributed by atoms with Crippen LogP contribution in [0, 0.1) is 0 Å². The standard InChI is InChI=1S/C10H13BrCl2N2/c1-10(2,6-11)15(3)9-8(13)4-7(12)5-14-9/h4-5H,6H2,1-3H3. The van der Waals surface area contributed by atoms with Gasteiger partial charge in [0.2, 0.25) is 0 Å². The van der Waals surface area contributed by atoms with Crippen LogP contribution in [-0.4, -0.2) is 22.9 Å². The van der Waals surface area contributed by atoms with Crippen molar-refractivity contribution in [1.29, 1.82) is 0 Å². The number of hydrogen-bond acceptors (Lipinski definition) is 2. The van der Waals surface area contributed by atoms with Crippen molar-refractivity contribution in [1.82, 2.24) is 4.98 Å². The maximum Gasteiger partial charge on any atom is 0.147 e. The van der Waals surface area contributed by atoms with Crippen LogP contribution < -0.4 is 4.90 Å². The van der Waals surface area contributed by atoms with Crippen molar-refractivity contribution in [2.24, 2.45) is 0 Å². The second-order valence-electron chi connectivity index (χ2n) is 3.96. The van der Waals surface area contributed by atoms with Gasteiger partial charge in [-0.25, -0.2) is 4.98 Å². The molecule has 0 saturated carbocycles. The molecule has 15 heavy (non-hydrogen) atoms. The number of hydrogen-bond donors (Lipinski definition) is 0. The van der Waals surface area contributed by atoms with Gasteiger partial charge in [-0.3, -0.25) is 0 Å². The predicted molar refractivity (Wildman–Crippen MR) is 70.5 cm³/mol. The Kier molecular flexibility index (Phi) is 4.27. The molecule has 0 unspecified atom stereocenters. The molecular weight excluding hydrogens is 299 g/mol. The summed E-state index contributed by atoms with van der Waals surface area (Å²) in [5.74, 6) is 0.741. The Bertz CT molecular complexity index is 355. The summed E-state index contributed by atoms with van der Waals surface area (Å²) < 4.78 is 0. The minimum atomic E-state index is -0.0511. The molecule has 0 atom stereocenters.